The molecule has 0 atom stereocenters. The van der Waals surface area contributed by atoms with E-state index in [1.54, 1.807) is 6.07 Å². The van der Waals surface area contributed by atoms with Crippen molar-refractivity contribution >= 4 is 0 Å². The summed E-state index contributed by atoms with van der Waals surface area (Å²) in [7, 11) is 0. The summed E-state index contributed by atoms with van der Waals surface area (Å²) in [6, 6.07) is 5.24. The van der Waals surface area contributed by atoms with Crippen LogP contribution in [-0.4, -0.2) is 37.7 Å². The fourth-order valence-corrected chi connectivity index (χ4v) is 2.44. The van der Waals surface area contributed by atoms with Crippen molar-refractivity contribution in [2.75, 3.05) is 32.8 Å². The predicted octanol–water partition coefficient (Wildman–Crippen LogP) is 2.02. The molecule has 1 aliphatic carbocycles. The molecule has 19 heavy (non-hydrogen) atoms. The Labute approximate surface area is 113 Å². The van der Waals surface area contributed by atoms with Gasteiger partial charge in [-0.15, -0.1) is 0 Å². The maximum absolute atomic E-state index is 13.9. The Morgan fingerprint density at radius 2 is 2.05 bits per heavy atom. The Kier molecular flexibility index (Phi) is 3.99. The van der Waals surface area contributed by atoms with E-state index in [9.17, 15) is 4.39 Å². The van der Waals surface area contributed by atoms with Crippen LogP contribution in [0, 0.1) is 11.7 Å². The third kappa shape index (κ3) is 3.45. The van der Waals surface area contributed by atoms with Crippen LogP contribution in [0.2, 0.25) is 0 Å². The van der Waals surface area contributed by atoms with E-state index in [0.717, 1.165) is 38.3 Å². The molecule has 0 spiro atoms. The van der Waals surface area contributed by atoms with Gasteiger partial charge < -0.3 is 10.1 Å². The van der Waals surface area contributed by atoms with Gasteiger partial charge in [0.1, 0.15) is 0 Å². The molecule has 104 valence electrons. The molecule has 1 aliphatic heterocycles. The normalized spacial score (nSPS) is 20.5. The number of nitrogens with zero attached hydrogens (tertiary/aromatic N) is 1. The lowest BCUT2D eigenvalue weighted by molar-refractivity contribution is 0.224. The highest BCUT2D eigenvalue weighted by Gasteiger charge is 2.23. The Morgan fingerprint density at radius 3 is 2.79 bits per heavy atom. The molecule has 3 nitrogen and oxygen atoms in total. The Balaban J connectivity index is 1.68. The molecule has 0 radical (unpaired) electrons. The summed E-state index contributed by atoms with van der Waals surface area (Å²) in [6.45, 7) is 5.48. The van der Waals surface area contributed by atoms with Gasteiger partial charge in [-0.05, 0) is 24.8 Å². The fraction of sp³-hybridized carbons (Fsp3) is 0.600. The third-order valence-electron chi connectivity index (χ3n) is 3.81. The standard InChI is InChI=1S/C15H21FN2O/c16-14-3-1-2-13(10-18-8-6-17-7-9-18)15(14)19-11-12-4-5-12/h1-3,12,17H,4-11H2. The van der Waals surface area contributed by atoms with Gasteiger partial charge in [0.25, 0.3) is 0 Å². The highest BCUT2D eigenvalue weighted by molar-refractivity contribution is 5.35. The molecule has 1 saturated heterocycles. The van der Waals surface area contributed by atoms with Gasteiger partial charge in [-0.1, -0.05) is 12.1 Å². The summed E-state index contributed by atoms with van der Waals surface area (Å²) in [5.41, 5.74) is 0.975. The van der Waals surface area contributed by atoms with E-state index in [4.69, 9.17) is 4.74 Å². The van der Waals surface area contributed by atoms with Crippen LogP contribution in [0.5, 0.6) is 5.75 Å². The van der Waals surface area contributed by atoms with Crippen molar-refractivity contribution in [2.24, 2.45) is 5.92 Å². The van der Waals surface area contributed by atoms with Crippen molar-refractivity contribution in [3.05, 3.63) is 29.6 Å². The number of rotatable bonds is 5. The molecule has 1 heterocycles. The van der Waals surface area contributed by atoms with E-state index in [0.29, 0.717) is 18.3 Å². The van der Waals surface area contributed by atoms with E-state index in [2.05, 4.69) is 10.2 Å². The van der Waals surface area contributed by atoms with E-state index in [1.165, 1.54) is 18.9 Å². The quantitative estimate of drug-likeness (QED) is 0.880. The van der Waals surface area contributed by atoms with E-state index in [1.807, 2.05) is 6.07 Å². The molecular weight excluding hydrogens is 243 g/mol. The number of hydrogen-bond acceptors (Lipinski definition) is 3. The van der Waals surface area contributed by atoms with Crippen molar-refractivity contribution in [2.45, 2.75) is 19.4 Å². The van der Waals surface area contributed by atoms with Crippen molar-refractivity contribution < 1.29 is 9.13 Å². The van der Waals surface area contributed by atoms with Crippen LogP contribution >= 0.6 is 0 Å². The molecule has 0 aromatic heterocycles. The Morgan fingerprint density at radius 1 is 1.26 bits per heavy atom. The maximum atomic E-state index is 13.9. The van der Waals surface area contributed by atoms with Crippen LogP contribution < -0.4 is 10.1 Å². The smallest absolute Gasteiger partial charge is 0.165 e. The molecule has 4 heteroatoms. The second-order valence-corrected chi connectivity index (χ2v) is 5.51. The van der Waals surface area contributed by atoms with Gasteiger partial charge in [0, 0.05) is 38.3 Å². The van der Waals surface area contributed by atoms with E-state index in [-0.39, 0.29) is 5.82 Å². The van der Waals surface area contributed by atoms with Crippen molar-refractivity contribution in [1.29, 1.82) is 0 Å². The molecule has 2 aliphatic rings. The molecule has 0 unspecified atom stereocenters. The van der Waals surface area contributed by atoms with Crippen LogP contribution in [-0.2, 0) is 6.54 Å². The minimum atomic E-state index is -0.228. The van der Waals surface area contributed by atoms with Gasteiger partial charge in [-0.2, -0.15) is 0 Å². The van der Waals surface area contributed by atoms with Crippen molar-refractivity contribution in [1.82, 2.24) is 10.2 Å². The highest BCUT2D eigenvalue weighted by atomic mass is 19.1. The molecule has 1 aromatic carbocycles. The SMILES string of the molecule is Fc1cccc(CN2CCNCC2)c1OCC1CC1. The first-order chi connectivity index (χ1) is 9.33. The summed E-state index contributed by atoms with van der Waals surface area (Å²) < 4.78 is 19.6. The first-order valence-electron chi connectivity index (χ1n) is 7.16. The van der Waals surface area contributed by atoms with Gasteiger partial charge in [-0.25, -0.2) is 4.39 Å². The van der Waals surface area contributed by atoms with Crippen LogP contribution in [0.3, 0.4) is 0 Å². The highest BCUT2D eigenvalue weighted by Crippen LogP contribution is 2.31. The first kappa shape index (κ1) is 12.9. The zero-order valence-corrected chi connectivity index (χ0v) is 11.2. The summed E-state index contributed by atoms with van der Waals surface area (Å²) in [5.74, 6) is 0.882. The second-order valence-electron chi connectivity index (χ2n) is 5.51. The number of nitrogens with one attached hydrogen (secondary N) is 1. The van der Waals surface area contributed by atoms with Gasteiger partial charge in [0.15, 0.2) is 11.6 Å². The lowest BCUT2D eigenvalue weighted by Gasteiger charge is -2.27. The average molecular weight is 264 g/mol. The van der Waals surface area contributed by atoms with Gasteiger partial charge in [0.2, 0.25) is 0 Å². The number of halogens is 1. The lowest BCUT2D eigenvalue weighted by atomic mass is 10.1. The number of para-hydroxylation sites is 1. The van der Waals surface area contributed by atoms with Crippen LogP contribution in [0.15, 0.2) is 18.2 Å². The molecule has 0 amide bonds. The summed E-state index contributed by atoms with van der Waals surface area (Å²) in [5, 5.41) is 3.33. The van der Waals surface area contributed by atoms with Crippen molar-refractivity contribution in [3.8, 4) is 5.75 Å². The predicted molar refractivity (Wildman–Crippen MR) is 72.8 cm³/mol. The number of hydrogen-bond donors (Lipinski definition) is 1. The largest absolute Gasteiger partial charge is 0.490 e. The van der Waals surface area contributed by atoms with Gasteiger partial charge in [0.05, 0.1) is 6.61 Å². The van der Waals surface area contributed by atoms with Crippen LogP contribution in [0.4, 0.5) is 4.39 Å². The van der Waals surface area contributed by atoms with Crippen molar-refractivity contribution in [3.63, 3.8) is 0 Å². The molecule has 1 saturated carbocycles. The molecule has 3 rings (SSSR count). The minimum Gasteiger partial charge on any atom is -0.490 e. The zero-order valence-electron chi connectivity index (χ0n) is 11.2. The van der Waals surface area contributed by atoms with E-state index < -0.39 is 0 Å². The summed E-state index contributed by atoms with van der Waals surface area (Å²) in [6.07, 6.45) is 2.45. The minimum absolute atomic E-state index is 0.228. The average Bonchev–Trinajstić information content (AvgIpc) is 3.23. The zero-order chi connectivity index (χ0) is 13.1. The number of benzene rings is 1. The molecular formula is C15H21FN2O. The van der Waals surface area contributed by atoms with Crippen LogP contribution in [0.25, 0.3) is 0 Å². The number of ether oxygens (including phenoxy) is 1. The van der Waals surface area contributed by atoms with Gasteiger partial charge in [-0.3, -0.25) is 4.90 Å². The third-order valence-corrected chi connectivity index (χ3v) is 3.81. The van der Waals surface area contributed by atoms with Gasteiger partial charge >= 0.3 is 0 Å². The first-order valence-corrected chi connectivity index (χ1v) is 7.16. The van der Waals surface area contributed by atoms with Crippen LogP contribution in [0.1, 0.15) is 18.4 Å². The Hall–Kier alpha value is -1.13. The molecule has 2 fully saturated rings. The Bertz CT molecular complexity index is 428. The number of piperazine rings is 1. The molecule has 1 aromatic rings. The summed E-state index contributed by atoms with van der Waals surface area (Å²) in [4.78, 5) is 2.34. The van der Waals surface area contributed by atoms with E-state index >= 15 is 0 Å². The summed E-state index contributed by atoms with van der Waals surface area (Å²) >= 11 is 0. The monoisotopic (exact) mass is 264 g/mol. The molecule has 1 N–H and O–H groups in total. The maximum Gasteiger partial charge on any atom is 0.165 e. The second kappa shape index (κ2) is 5.88. The fourth-order valence-electron chi connectivity index (χ4n) is 2.44. The topological polar surface area (TPSA) is 24.5 Å². The lowest BCUT2D eigenvalue weighted by Crippen LogP contribution is -2.42. The molecule has 0 bridgehead atoms.